The molecule has 0 aliphatic carbocycles. The summed E-state index contributed by atoms with van der Waals surface area (Å²) < 4.78 is 7.51. The molecule has 0 radical (unpaired) electrons. The molecular weight excluding hydrogens is 266 g/mol. The molecule has 21 heavy (non-hydrogen) atoms. The molecule has 0 atom stereocenters. The van der Waals surface area contributed by atoms with Gasteiger partial charge in [-0.1, -0.05) is 12.1 Å². The molecular formula is C16H19N3O2. The number of para-hydroxylation sites is 2. The smallest absolute Gasteiger partial charge is 0.275 e. The van der Waals surface area contributed by atoms with Crippen LogP contribution in [0.2, 0.25) is 0 Å². The molecule has 0 unspecified atom stereocenters. The molecule has 0 spiro atoms. The minimum Gasteiger partial charge on any atom is -0.490 e. The second-order valence-corrected chi connectivity index (χ2v) is 5.43. The normalized spacial score (nSPS) is 14.0. The molecule has 0 saturated carbocycles. The number of aromatic nitrogens is 1. The first-order valence-electron chi connectivity index (χ1n) is 7.09. The van der Waals surface area contributed by atoms with Crippen molar-refractivity contribution in [2.24, 2.45) is 0 Å². The number of amides is 1. The third-order valence-corrected chi connectivity index (χ3v) is 3.62. The Labute approximate surface area is 123 Å². The lowest BCUT2D eigenvalue weighted by molar-refractivity contribution is 0.0966. The van der Waals surface area contributed by atoms with Gasteiger partial charge < -0.3 is 19.9 Å². The third kappa shape index (κ3) is 2.35. The zero-order valence-corrected chi connectivity index (χ0v) is 12.2. The number of anilines is 2. The summed E-state index contributed by atoms with van der Waals surface area (Å²) in [6.07, 6.45) is 1.81. The van der Waals surface area contributed by atoms with Crippen molar-refractivity contribution in [3.8, 4) is 5.75 Å². The molecule has 2 aromatic rings. The van der Waals surface area contributed by atoms with Gasteiger partial charge >= 0.3 is 0 Å². The van der Waals surface area contributed by atoms with E-state index in [0.717, 1.165) is 11.4 Å². The minimum absolute atomic E-state index is 0.0452. The molecule has 1 aromatic heterocycles. The first-order chi connectivity index (χ1) is 10.1. The van der Waals surface area contributed by atoms with Crippen LogP contribution in [-0.2, 0) is 0 Å². The van der Waals surface area contributed by atoms with Crippen molar-refractivity contribution in [1.82, 2.24) is 4.57 Å². The Bertz CT molecular complexity index is 676. The molecule has 5 heteroatoms. The first kappa shape index (κ1) is 13.5. The summed E-state index contributed by atoms with van der Waals surface area (Å²) in [7, 11) is 0. The third-order valence-electron chi connectivity index (χ3n) is 3.62. The molecule has 2 N–H and O–H groups in total. The van der Waals surface area contributed by atoms with Crippen LogP contribution in [0, 0.1) is 0 Å². The van der Waals surface area contributed by atoms with Gasteiger partial charge in [-0.05, 0) is 32.0 Å². The first-order valence-corrected chi connectivity index (χ1v) is 7.09. The highest BCUT2D eigenvalue weighted by molar-refractivity contribution is 6.06. The lowest BCUT2D eigenvalue weighted by Crippen LogP contribution is -2.39. The zero-order valence-electron chi connectivity index (χ0n) is 12.2. The second-order valence-electron chi connectivity index (χ2n) is 5.43. The van der Waals surface area contributed by atoms with Crippen molar-refractivity contribution in [3.05, 3.63) is 42.2 Å². The number of fused-ring (bicyclic) bond motifs is 1. The summed E-state index contributed by atoms with van der Waals surface area (Å²) in [6, 6.07) is 9.51. The average molecular weight is 285 g/mol. The maximum absolute atomic E-state index is 12.9. The van der Waals surface area contributed by atoms with Gasteiger partial charge in [0.2, 0.25) is 0 Å². The summed E-state index contributed by atoms with van der Waals surface area (Å²) in [5, 5.41) is 0. The molecule has 0 bridgehead atoms. The largest absolute Gasteiger partial charge is 0.490 e. The predicted molar refractivity (Wildman–Crippen MR) is 82.8 cm³/mol. The van der Waals surface area contributed by atoms with Gasteiger partial charge in [0.15, 0.2) is 0 Å². The Morgan fingerprint density at radius 1 is 1.33 bits per heavy atom. The van der Waals surface area contributed by atoms with E-state index >= 15 is 0 Å². The van der Waals surface area contributed by atoms with Gasteiger partial charge in [-0.15, -0.1) is 0 Å². The summed E-state index contributed by atoms with van der Waals surface area (Å²) >= 11 is 0. The zero-order chi connectivity index (χ0) is 15.0. The van der Waals surface area contributed by atoms with Crippen LogP contribution in [0.5, 0.6) is 5.75 Å². The van der Waals surface area contributed by atoms with Gasteiger partial charge in [0.25, 0.3) is 5.91 Å². The molecule has 1 aliphatic heterocycles. The SMILES string of the molecule is CC(C)n1cc(N)cc1C(=O)N1CCOc2ccccc21. The lowest BCUT2D eigenvalue weighted by atomic mass is 10.2. The van der Waals surface area contributed by atoms with Crippen molar-refractivity contribution in [3.63, 3.8) is 0 Å². The molecule has 2 heterocycles. The number of hydrogen-bond acceptors (Lipinski definition) is 3. The number of nitrogen functional groups attached to an aromatic ring is 1. The van der Waals surface area contributed by atoms with Crippen LogP contribution in [0.1, 0.15) is 30.4 Å². The van der Waals surface area contributed by atoms with Crippen LogP contribution >= 0.6 is 0 Å². The van der Waals surface area contributed by atoms with Crippen LogP contribution in [0.3, 0.4) is 0 Å². The van der Waals surface area contributed by atoms with Gasteiger partial charge in [-0.3, -0.25) is 4.79 Å². The predicted octanol–water partition coefficient (Wildman–Crippen LogP) is 2.69. The monoisotopic (exact) mass is 285 g/mol. The van der Waals surface area contributed by atoms with E-state index in [-0.39, 0.29) is 11.9 Å². The van der Waals surface area contributed by atoms with Gasteiger partial charge in [0.05, 0.1) is 17.9 Å². The molecule has 1 aliphatic rings. The summed E-state index contributed by atoms with van der Waals surface area (Å²) in [6.45, 7) is 5.10. The van der Waals surface area contributed by atoms with Crippen LogP contribution < -0.4 is 15.4 Å². The number of benzene rings is 1. The maximum atomic E-state index is 12.9. The van der Waals surface area contributed by atoms with Crippen LogP contribution in [0.25, 0.3) is 0 Å². The highest BCUT2D eigenvalue weighted by Gasteiger charge is 2.27. The number of hydrogen-bond donors (Lipinski definition) is 1. The van der Waals surface area contributed by atoms with Crippen LogP contribution in [0.15, 0.2) is 36.5 Å². The number of nitrogens with zero attached hydrogens (tertiary/aromatic N) is 2. The molecule has 1 aromatic carbocycles. The van der Waals surface area contributed by atoms with E-state index in [1.54, 1.807) is 11.0 Å². The van der Waals surface area contributed by atoms with Gasteiger partial charge in [-0.2, -0.15) is 0 Å². The highest BCUT2D eigenvalue weighted by atomic mass is 16.5. The van der Waals surface area contributed by atoms with Crippen molar-refractivity contribution in [1.29, 1.82) is 0 Å². The Morgan fingerprint density at radius 2 is 2.10 bits per heavy atom. The Kier molecular flexibility index (Phi) is 3.33. The van der Waals surface area contributed by atoms with Gasteiger partial charge in [0, 0.05) is 12.2 Å². The molecule has 110 valence electrons. The van der Waals surface area contributed by atoms with E-state index in [4.69, 9.17) is 10.5 Å². The molecule has 5 nitrogen and oxygen atoms in total. The highest BCUT2D eigenvalue weighted by Crippen LogP contribution is 2.32. The minimum atomic E-state index is -0.0452. The van der Waals surface area contributed by atoms with E-state index in [2.05, 4.69) is 0 Å². The fourth-order valence-electron chi connectivity index (χ4n) is 2.62. The fraction of sp³-hybridized carbons (Fsp3) is 0.312. The van der Waals surface area contributed by atoms with E-state index in [1.807, 2.05) is 48.9 Å². The maximum Gasteiger partial charge on any atom is 0.275 e. The van der Waals surface area contributed by atoms with E-state index < -0.39 is 0 Å². The Morgan fingerprint density at radius 3 is 2.86 bits per heavy atom. The molecule has 3 rings (SSSR count). The molecule has 1 amide bonds. The Balaban J connectivity index is 2.01. The van der Waals surface area contributed by atoms with Gasteiger partial charge in [-0.25, -0.2) is 0 Å². The fourth-order valence-corrected chi connectivity index (χ4v) is 2.62. The number of carbonyl (C=O) groups excluding carboxylic acids is 1. The molecule has 0 fully saturated rings. The van der Waals surface area contributed by atoms with Crippen molar-refractivity contribution < 1.29 is 9.53 Å². The quantitative estimate of drug-likeness (QED) is 0.923. The number of rotatable bonds is 2. The lowest BCUT2D eigenvalue weighted by Gasteiger charge is -2.30. The van der Waals surface area contributed by atoms with Gasteiger partial charge in [0.1, 0.15) is 18.1 Å². The van der Waals surface area contributed by atoms with E-state index in [1.165, 1.54) is 0 Å². The number of nitrogens with two attached hydrogens (primary N) is 1. The van der Waals surface area contributed by atoms with Crippen LogP contribution in [0.4, 0.5) is 11.4 Å². The van der Waals surface area contributed by atoms with E-state index in [0.29, 0.717) is 24.5 Å². The second kappa shape index (κ2) is 5.16. The van der Waals surface area contributed by atoms with E-state index in [9.17, 15) is 4.79 Å². The van der Waals surface area contributed by atoms with Crippen molar-refractivity contribution >= 4 is 17.3 Å². The average Bonchev–Trinajstić information content (AvgIpc) is 2.88. The standard InChI is InChI=1S/C16H19N3O2/c1-11(2)19-10-12(17)9-14(19)16(20)18-7-8-21-15-6-4-3-5-13(15)18/h3-6,9-11H,7-8,17H2,1-2H3. The topological polar surface area (TPSA) is 60.5 Å². The Hall–Kier alpha value is -2.43. The number of carbonyl (C=O) groups is 1. The summed E-state index contributed by atoms with van der Waals surface area (Å²) in [5.41, 5.74) is 7.89. The van der Waals surface area contributed by atoms with Crippen molar-refractivity contribution in [2.45, 2.75) is 19.9 Å². The summed E-state index contributed by atoms with van der Waals surface area (Å²) in [4.78, 5) is 14.7. The summed E-state index contributed by atoms with van der Waals surface area (Å²) in [5.74, 6) is 0.698. The number of ether oxygens (including phenoxy) is 1. The van der Waals surface area contributed by atoms with Crippen molar-refractivity contribution in [2.75, 3.05) is 23.8 Å². The van der Waals surface area contributed by atoms with Crippen LogP contribution in [-0.4, -0.2) is 23.6 Å². The molecule has 0 saturated heterocycles.